The first kappa shape index (κ1) is 20.0. The SMILES string of the molecule is O=C(NCC#CCOc1ccc(F)cc1F)Nc1ccccc1C(F)(F)F. The number of halogens is 5. The van der Waals surface area contributed by atoms with Gasteiger partial charge in [-0.25, -0.2) is 13.6 Å². The van der Waals surface area contributed by atoms with Crippen LogP contribution in [0.1, 0.15) is 5.56 Å². The molecule has 0 atom stereocenters. The maximum atomic E-state index is 13.3. The van der Waals surface area contributed by atoms with Crippen molar-refractivity contribution in [1.29, 1.82) is 0 Å². The number of ether oxygens (including phenoxy) is 1. The Morgan fingerprint density at radius 3 is 2.52 bits per heavy atom. The highest BCUT2D eigenvalue weighted by Crippen LogP contribution is 2.34. The second-order valence-corrected chi connectivity index (χ2v) is 5.07. The van der Waals surface area contributed by atoms with Gasteiger partial charge in [0.1, 0.15) is 12.4 Å². The van der Waals surface area contributed by atoms with Gasteiger partial charge in [-0.3, -0.25) is 0 Å². The zero-order chi connectivity index (χ0) is 19.9. The molecule has 9 heteroatoms. The summed E-state index contributed by atoms with van der Waals surface area (Å²) in [5.41, 5.74) is -1.36. The fraction of sp³-hybridized carbons (Fsp3) is 0.167. The predicted molar refractivity (Wildman–Crippen MR) is 88.1 cm³/mol. The van der Waals surface area contributed by atoms with E-state index in [-0.39, 0.29) is 24.6 Å². The van der Waals surface area contributed by atoms with Gasteiger partial charge >= 0.3 is 12.2 Å². The van der Waals surface area contributed by atoms with Crippen molar-refractivity contribution in [3.8, 4) is 17.6 Å². The largest absolute Gasteiger partial charge is 0.478 e. The molecule has 27 heavy (non-hydrogen) atoms. The zero-order valence-corrected chi connectivity index (χ0v) is 13.7. The Balaban J connectivity index is 1.80. The molecule has 0 spiro atoms. The highest BCUT2D eigenvalue weighted by Gasteiger charge is 2.33. The lowest BCUT2D eigenvalue weighted by atomic mass is 10.1. The van der Waals surface area contributed by atoms with Gasteiger partial charge < -0.3 is 15.4 Å². The average Bonchev–Trinajstić information content (AvgIpc) is 2.59. The number of benzene rings is 2. The first-order chi connectivity index (χ1) is 12.8. The van der Waals surface area contributed by atoms with Crippen molar-refractivity contribution in [2.75, 3.05) is 18.5 Å². The topological polar surface area (TPSA) is 50.4 Å². The van der Waals surface area contributed by atoms with E-state index in [2.05, 4.69) is 22.5 Å². The molecule has 0 bridgehead atoms. The van der Waals surface area contributed by atoms with E-state index in [4.69, 9.17) is 4.74 Å². The third kappa shape index (κ3) is 6.18. The van der Waals surface area contributed by atoms with Gasteiger partial charge in [-0.1, -0.05) is 24.0 Å². The minimum atomic E-state index is -4.60. The lowest BCUT2D eigenvalue weighted by Crippen LogP contribution is -2.30. The van der Waals surface area contributed by atoms with Crippen molar-refractivity contribution in [2.24, 2.45) is 0 Å². The van der Waals surface area contributed by atoms with E-state index >= 15 is 0 Å². The number of nitrogens with one attached hydrogen (secondary N) is 2. The molecule has 2 rings (SSSR count). The summed E-state index contributed by atoms with van der Waals surface area (Å²) >= 11 is 0. The Morgan fingerprint density at radius 1 is 1.07 bits per heavy atom. The lowest BCUT2D eigenvalue weighted by molar-refractivity contribution is -0.136. The Hall–Kier alpha value is -3.28. The predicted octanol–water partition coefficient (Wildman–Crippen LogP) is 4.19. The maximum Gasteiger partial charge on any atom is 0.418 e. The molecule has 0 saturated heterocycles. The van der Waals surface area contributed by atoms with Crippen LogP contribution in [0.4, 0.5) is 32.4 Å². The average molecular weight is 384 g/mol. The van der Waals surface area contributed by atoms with E-state index in [0.717, 1.165) is 24.3 Å². The lowest BCUT2D eigenvalue weighted by Gasteiger charge is -2.13. The van der Waals surface area contributed by atoms with Crippen molar-refractivity contribution < 1.29 is 31.5 Å². The van der Waals surface area contributed by atoms with Gasteiger partial charge in [0.2, 0.25) is 0 Å². The first-order valence-electron chi connectivity index (χ1n) is 7.52. The fourth-order valence-electron chi connectivity index (χ4n) is 1.95. The van der Waals surface area contributed by atoms with Crippen LogP contribution in [0, 0.1) is 23.5 Å². The van der Waals surface area contributed by atoms with Crippen LogP contribution in [0.25, 0.3) is 0 Å². The van der Waals surface area contributed by atoms with E-state index < -0.39 is 29.4 Å². The number of rotatable bonds is 4. The molecule has 2 amide bonds. The Kier molecular flexibility index (Phi) is 6.60. The van der Waals surface area contributed by atoms with Crippen molar-refractivity contribution >= 4 is 11.7 Å². The number of hydrogen-bond acceptors (Lipinski definition) is 2. The third-order valence-corrected chi connectivity index (χ3v) is 3.14. The van der Waals surface area contributed by atoms with Gasteiger partial charge in [0.25, 0.3) is 0 Å². The van der Waals surface area contributed by atoms with Crippen LogP contribution >= 0.6 is 0 Å². The third-order valence-electron chi connectivity index (χ3n) is 3.14. The van der Waals surface area contributed by atoms with Crippen LogP contribution in [0.5, 0.6) is 5.75 Å². The highest BCUT2D eigenvalue weighted by molar-refractivity contribution is 5.90. The molecule has 4 nitrogen and oxygen atoms in total. The Labute approximate surface area is 151 Å². The fourth-order valence-corrected chi connectivity index (χ4v) is 1.95. The van der Waals surface area contributed by atoms with Gasteiger partial charge in [0.15, 0.2) is 11.6 Å². The van der Waals surface area contributed by atoms with Gasteiger partial charge in [-0.05, 0) is 24.3 Å². The number of carbonyl (C=O) groups is 1. The molecule has 0 aromatic heterocycles. The van der Waals surface area contributed by atoms with Crippen molar-refractivity contribution in [3.05, 3.63) is 59.7 Å². The summed E-state index contributed by atoms with van der Waals surface area (Å²) in [6, 6.07) is 6.46. The van der Waals surface area contributed by atoms with E-state index in [1.807, 2.05) is 0 Å². The molecule has 2 aromatic carbocycles. The summed E-state index contributed by atoms with van der Waals surface area (Å²) in [6.07, 6.45) is -4.60. The molecular weight excluding hydrogens is 371 g/mol. The van der Waals surface area contributed by atoms with Gasteiger partial charge in [-0.2, -0.15) is 13.2 Å². The minimum absolute atomic E-state index is 0.171. The number of carbonyl (C=O) groups excluding carboxylic acids is 1. The minimum Gasteiger partial charge on any atom is -0.478 e. The van der Waals surface area contributed by atoms with Gasteiger partial charge in [0, 0.05) is 6.07 Å². The van der Waals surface area contributed by atoms with Gasteiger partial charge in [0.05, 0.1) is 17.8 Å². The molecule has 0 saturated carbocycles. The Bertz CT molecular complexity index is 872. The molecule has 0 heterocycles. The number of hydrogen-bond donors (Lipinski definition) is 2. The normalized spacial score (nSPS) is 10.6. The monoisotopic (exact) mass is 384 g/mol. The highest BCUT2D eigenvalue weighted by atomic mass is 19.4. The van der Waals surface area contributed by atoms with Crippen LogP contribution in [0.2, 0.25) is 0 Å². The number of urea groups is 1. The molecule has 0 fully saturated rings. The second-order valence-electron chi connectivity index (χ2n) is 5.07. The number of anilines is 1. The van der Waals surface area contributed by atoms with Crippen molar-refractivity contribution in [3.63, 3.8) is 0 Å². The second kappa shape index (κ2) is 8.89. The van der Waals surface area contributed by atoms with Crippen molar-refractivity contribution in [1.82, 2.24) is 5.32 Å². The molecule has 0 radical (unpaired) electrons. The van der Waals surface area contributed by atoms with E-state index in [1.165, 1.54) is 12.1 Å². The smallest absolute Gasteiger partial charge is 0.418 e. The summed E-state index contributed by atoms with van der Waals surface area (Å²) in [5, 5.41) is 4.35. The molecule has 2 aromatic rings. The zero-order valence-electron chi connectivity index (χ0n) is 13.7. The molecule has 0 aliphatic carbocycles. The molecule has 0 unspecified atom stereocenters. The van der Waals surface area contributed by atoms with E-state index in [9.17, 15) is 26.7 Å². The van der Waals surface area contributed by atoms with Crippen LogP contribution in [0.15, 0.2) is 42.5 Å². The molecule has 0 aliphatic rings. The van der Waals surface area contributed by atoms with Crippen LogP contribution < -0.4 is 15.4 Å². The molecule has 0 aliphatic heterocycles. The summed E-state index contributed by atoms with van der Waals surface area (Å²) < 4.78 is 69.5. The van der Waals surface area contributed by atoms with Crippen molar-refractivity contribution in [2.45, 2.75) is 6.18 Å². The van der Waals surface area contributed by atoms with E-state index in [0.29, 0.717) is 6.07 Å². The molecule has 142 valence electrons. The maximum absolute atomic E-state index is 13.3. The van der Waals surface area contributed by atoms with Crippen LogP contribution in [-0.4, -0.2) is 19.2 Å². The molecular formula is C18H13F5N2O2. The number of amides is 2. The number of para-hydroxylation sites is 1. The Morgan fingerprint density at radius 2 is 1.81 bits per heavy atom. The standard InChI is InChI=1S/C18H13F5N2O2/c19-12-7-8-16(14(20)11-12)27-10-4-3-9-24-17(26)25-15-6-2-1-5-13(15)18(21,22)23/h1-2,5-8,11H,9-10H2,(H2,24,25,26). The summed E-state index contributed by atoms with van der Waals surface area (Å²) in [5.74, 6) is 3.16. The molecule has 2 N–H and O–H groups in total. The first-order valence-corrected chi connectivity index (χ1v) is 7.52. The van der Waals surface area contributed by atoms with Gasteiger partial charge in [-0.15, -0.1) is 0 Å². The van der Waals surface area contributed by atoms with Crippen LogP contribution in [-0.2, 0) is 6.18 Å². The van der Waals surface area contributed by atoms with Crippen LogP contribution in [0.3, 0.4) is 0 Å². The quantitative estimate of drug-likeness (QED) is 0.614. The summed E-state index contributed by atoms with van der Waals surface area (Å²) in [7, 11) is 0. The van der Waals surface area contributed by atoms with E-state index in [1.54, 1.807) is 0 Å². The summed E-state index contributed by atoms with van der Waals surface area (Å²) in [4.78, 5) is 11.6. The summed E-state index contributed by atoms with van der Waals surface area (Å²) in [6.45, 7) is -0.391. The number of alkyl halides is 3.